The Labute approximate surface area is 181 Å². The van der Waals surface area contributed by atoms with Crippen molar-refractivity contribution in [3.05, 3.63) is 0 Å². The van der Waals surface area contributed by atoms with E-state index in [1.807, 2.05) is 26.1 Å². The number of carboxylic acid groups (broad SMARTS) is 1. The Morgan fingerprint density at radius 3 is 1.77 bits per heavy atom. The zero-order valence-corrected chi connectivity index (χ0v) is 18.4. The van der Waals surface area contributed by atoms with Gasteiger partial charge in [0.2, 0.25) is 23.6 Å². The van der Waals surface area contributed by atoms with E-state index < -0.39 is 66.8 Å². The van der Waals surface area contributed by atoms with Gasteiger partial charge in [-0.25, -0.2) is 4.79 Å². The van der Waals surface area contributed by atoms with Gasteiger partial charge in [-0.05, 0) is 18.3 Å². The standard InChI is InChI=1S/C19H35N5O7/c1-5-10(4)15(21)18(29)23-11(6-9(2)3)16(27)22-12(7-14(20)26)17(28)24-13(8-25)19(30)31/h9-13,15,25H,5-8,21H2,1-4H3,(H2,20,26)(H,22,27)(H,23,29)(H,24,28)(H,30,31). The lowest BCUT2D eigenvalue weighted by atomic mass is 9.97. The molecule has 0 rings (SSSR count). The van der Waals surface area contributed by atoms with Crippen molar-refractivity contribution in [3.8, 4) is 0 Å². The SMILES string of the molecule is CCC(C)C(N)C(=O)NC(CC(C)C)C(=O)NC(CC(N)=O)C(=O)NC(CO)C(=O)O. The molecule has 12 heteroatoms. The summed E-state index contributed by atoms with van der Waals surface area (Å²) >= 11 is 0. The minimum Gasteiger partial charge on any atom is -0.480 e. The van der Waals surface area contributed by atoms with Crippen molar-refractivity contribution < 1.29 is 34.2 Å². The molecule has 0 aromatic carbocycles. The summed E-state index contributed by atoms with van der Waals surface area (Å²) in [6.45, 7) is 6.44. The molecular formula is C19H35N5O7. The van der Waals surface area contributed by atoms with Crippen molar-refractivity contribution in [2.24, 2.45) is 23.3 Å². The molecule has 178 valence electrons. The highest BCUT2D eigenvalue weighted by molar-refractivity contribution is 5.96. The molecule has 0 saturated carbocycles. The number of primary amides is 1. The molecule has 12 nitrogen and oxygen atoms in total. The molecule has 0 bridgehead atoms. The number of aliphatic hydroxyl groups is 1. The predicted octanol–water partition coefficient (Wildman–Crippen LogP) is -2.19. The van der Waals surface area contributed by atoms with Crippen molar-refractivity contribution in [2.45, 2.75) is 71.1 Å². The maximum absolute atomic E-state index is 12.8. The first-order valence-corrected chi connectivity index (χ1v) is 10.1. The van der Waals surface area contributed by atoms with Gasteiger partial charge in [-0.1, -0.05) is 34.1 Å². The van der Waals surface area contributed by atoms with Crippen LogP contribution in [0.15, 0.2) is 0 Å². The van der Waals surface area contributed by atoms with E-state index in [9.17, 15) is 24.0 Å². The van der Waals surface area contributed by atoms with Crippen LogP contribution in [-0.2, 0) is 24.0 Å². The lowest BCUT2D eigenvalue weighted by Gasteiger charge is -2.26. The van der Waals surface area contributed by atoms with Crippen LogP contribution in [0.4, 0.5) is 0 Å². The molecule has 0 radical (unpaired) electrons. The number of aliphatic carboxylic acids is 1. The third-order valence-corrected chi connectivity index (χ3v) is 4.74. The van der Waals surface area contributed by atoms with Crippen molar-refractivity contribution in [1.29, 1.82) is 0 Å². The first-order chi connectivity index (χ1) is 14.3. The number of aliphatic hydroxyl groups excluding tert-OH is 1. The minimum absolute atomic E-state index is 0.00919. The Morgan fingerprint density at radius 1 is 0.871 bits per heavy atom. The number of carboxylic acids is 1. The van der Waals surface area contributed by atoms with Gasteiger partial charge in [-0.3, -0.25) is 19.2 Å². The van der Waals surface area contributed by atoms with Gasteiger partial charge in [0.15, 0.2) is 0 Å². The van der Waals surface area contributed by atoms with E-state index in [0.29, 0.717) is 6.42 Å². The van der Waals surface area contributed by atoms with Crippen LogP contribution in [0.1, 0.15) is 47.0 Å². The molecule has 0 heterocycles. The van der Waals surface area contributed by atoms with Crippen LogP contribution in [0.3, 0.4) is 0 Å². The topological polar surface area (TPSA) is 214 Å². The zero-order chi connectivity index (χ0) is 24.3. The zero-order valence-electron chi connectivity index (χ0n) is 18.4. The number of carbonyl (C=O) groups is 5. The van der Waals surface area contributed by atoms with Crippen LogP contribution >= 0.6 is 0 Å². The van der Waals surface area contributed by atoms with E-state index in [-0.39, 0.29) is 18.3 Å². The molecule has 4 amide bonds. The van der Waals surface area contributed by atoms with Gasteiger partial charge in [0.05, 0.1) is 19.1 Å². The second-order valence-corrected chi connectivity index (χ2v) is 7.92. The van der Waals surface area contributed by atoms with Gasteiger partial charge in [0.25, 0.3) is 0 Å². The Bertz CT molecular complexity index is 656. The molecule has 0 aliphatic carbocycles. The highest BCUT2D eigenvalue weighted by Gasteiger charge is 2.31. The Hall–Kier alpha value is -2.73. The quantitative estimate of drug-likeness (QED) is 0.155. The van der Waals surface area contributed by atoms with Crippen LogP contribution in [0.2, 0.25) is 0 Å². The summed E-state index contributed by atoms with van der Waals surface area (Å²) in [4.78, 5) is 60.0. The van der Waals surface area contributed by atoms with Crippen molar-refractivity contribution in [3.63, 3.8) is 0 Å². The molecule has 5 atom stereocenters. The van der Waals surface area contributed by atoms with Gasteiger partial charge >= 0.3 is 5.97 Å². The summed E-state index contributed by atoms with van der Waals surface area (Å²) in [5.74, 6) is -4.84. The Morgan fingerprint density at radius 2 is 1.35 bits per heavy atom. The van der Waals surface area contributed by atoms with Gasteiger partial charge in [-0.2, -0.15) is 0 Å². The molecule has 0 saturated heterocycles. The number of carbonyl (C=O) groups excluding carboxylic acids is 4. The fraction of sp³-hybridized carbons (Fsp3) is 0.737. The van der Waals surface area contributed by atoms with Gasteiger partial charge in [0, 0.05) is 0 Å². The van der Waals surface area contributed by atoms with E-state index in [4.69, 9.17) is 21.7 Å². The second-order valence-electron chi connectivity index (χ2n) is 7.92. The normalized spacial score (nSPS) is 15.8. The number of amides is 4. The number of nitrogens with one attached hydrogen (secondary N) is 3. The van der Waals surface area contributed by atoms with E-state index in [1.165, 1.54) is 0 Å². The second kappa shape index (κ2) is 13.5. The molecule has 5 unspecified atom stereocenters. The van der Waals surface area contributed by atoms with Gasteiger partial charge in [-0.15, -0.1) is 0 Å². The summed E-state index contributed by atoms with van der Waals surface area (Å²) in [6.07, 6.45) is 0.278. The highest BCUT2D eigenvalue weighted by Crippen LogP contribution is 2.09. The Kier molecular flexibility index (Phi) is 12.4. The van der Waals surface area contributed by atoms with Gasteiger partial charge in [0.1, 0.15) is 18.1 Å². The highest BCUT2D eigenvalue weighted by atomic mass is 16.4. The van der Waals surface area contributed by atoms with Crippen LogP contribution in [-0.4, -0.2) is 70.6 Å². The smallest absolute Gasteiger partial charge is 0.328 e. The summed E-state index contributed by atoms with van der Waals surface area (Å²) in [6, 6.07) is -5.00. The first-order valence-electron chi connectivity index (χ1n) is 10.1. The van der Waals surface area contributed by atoms with E-state index in [1.54, 1.807) is 6.92 Å². The Balaban J connectivity index is 5.48. The van der Waals surface area contributed by atoms with Crippen LogP contribution in [0.25, 0.3) is 0 Å². The van der Waals surface area contributed by atoms with E-state index in [0.717, 1.165) is 0 Å². The van der Waals surface area contributed by atoms with Crippen LogP contribution in [0.5, 0.6) is 0 Å². The third-order valence-electron chi connectivity index (χ3n) is 4.74. The molecule has 0 spiro atoms. The number of hydrogen-bond donors (Lipinski definition) is 7. The van der Waals surface area contributed by atoms with Crippen molar-refractivity contribution >= 4 is 29.6 Å². The fourth-order valence-corrected chi connectivity index (χ4v) is 2.62. The minimum atomic E-state index is -1.63. The summed E-state index contributed by atoms with van der Waals surface area (Å²) in [7, 11) is 0. The largest absolute Gasteiger partial charge is 0.480 e. The summed E-state index contributed by atoms with van der Waals surface area (Å²) < 4.78 is 0. The molecule has 0 aromatic rings. The lowest BCUT2D eigenvalue weighted by Crippen LogP contribution is -2.58. The molecule has 31 heavy (non-hydrogen) atoms. The first kappa shape index (κ1) is 28.3. The maximum Gasteiger partial charge on any atom is 0.328 e. The monoisotopic (exact) mass is 445 g/mol. The van der Waals surface area contributed by atoms with Crippen molar-refractivity contribution in [1.82, 2.24) is 16.0 Å². The fourth-order valence-electron chi connectivity index (χ4n) is 2.62. The average Bonchev–Trinajstić information content (AvgIpc) is 2.68. The van der Waals surface area contributed by atoms with E-state index >= 15 is 0 Å². The van der Waals surface area contributed by atoms with Crippen molar-refractivity contribution in [2.75, 3.05) is 6.61 Å². The summed E-state index contributed by atoms with van der Waals surface area (Å²) in [5.41, 5.74) is 11.0. The summed E-state index contributed by atoms with van der Waals surface area (Å²) in [5, 5.41) is 24.9. The predicted molar refractivity (Wildman–Crippen MR) is 111 cm³/mol. The lowest BCUT2D eigenvalue weighted by molar-refractivity contribution is -0.143. The third kappa shape index (κ3) is 10.2. The number of hydrogen-bond acceptors (Lipinski definition) is 7. The molecule has 0 fully saturated rings. The van der Waals surface area contributed by atoms with E-state index in [2.05, 4.69) is 10.6 Å². The molecule has 9 N–H and O–H groups in total. The number of rotatable bonds is 14. The molecule has 0 aromatic heterocycles. The average molecular weight is 446 g/mol. The molecule has 0 aliphatic heterocycles. The molecular weight excluding hydrogens is 410 g/mol. The van der Waals surface area contributed by atoms with Gasteiger partial charge < -0.3 is 37.6 Å². The number of nitrogens with two attached hydrogens (primary N) is 2. The van der Waals surface area contributed by atoms with Crippen LogP contribution < -0.4 is 27.4 Å². The maximum atomic E-state index is 12.8. The van der Waals surface area contributed by atoms with Crippen LogP contribution in [0, 0.1) is 11.8 Å². The molecule has 0 aliphatic rings.